The quantitative estimate of drug-likeness (QED) is 0.724. The minimum Gasteiger partial charge on any atom is -0.467 e. The summed E-state index contributed by atoms with van der Waals surface area (Å²) in [6.07, 6.45) is 1.10. The number of halogens is 1. The molecule has 0 aliphatic carbocycles. The molecule has 0 radical (unpaired) electrons. The largest absolute Gasteiger partial charge is 0.467 e. The van der Waals surface area contributed by atoms with Crippen molar-refractivity contribution in [1.82, 2.24) is 9.55 Å². The van der Waals surface area contributed by atoms with Crippen LogP contribution in [0.15, 0.2) is 15.8 Å². The van der Waals surface area contributed by atoms with Crippen LogP contribution >= 0.6 is 11.6 Å². The molecule has 0 aliphatic rings. The fraction of sp³-hybridized carbons (Fsp3) is 0.375. The summed E-state index contributed by atoms with van der Waals surface area (Å²) in [5.41, 5.74) is -1.39. The molecule has 1 heterocycles. The molecule has 82 valence electrons. The van der Waals surface area contributed by atoms with Crippen LogP contribution in [0.25, 0.3) is 0 Å². The van der Waals surface area contributed by atoms with E-state index in [0.717, 1.165) is 10.8 Å². The van der Waals surface area contributed by atoms with E-state index in [-0.39, 0.29) is 5.02 Å². The molecule has 0 aromatic carbocycles. The summed E-state index contributed by atoms with van der Waals surface area (Å²) in [5, 5.41) is -0.162. The number of nitrogens with zero attached hydrogens (tertiary/aromatic N) is 1. The van der Waals surface area contributed by atoms with E-state index in [1.807, 2.05) is 4.98 Å². The summed E-state index contributed by atoms with van der Waals surface area (Å²) in [7, 11) is 1.21. The number of aromatic nitrogens is 2. The second-order valence-corrected chi connectivity index (χ2v) is 3.25. The van der Waals surface area contributed by atoms with Crippen molar-refractivity contribution in [2.24, 2.45) is 0 Å². The number of rotatable bonds is 2. The van der Waals surface area contributed by atoms with Crippen LogP contribution in [-0.4, -0.2) is 22.6 Å². The number of nitrogens with one attached hydrogen (secondary N) is 1. The zero-order valence-electron chi connectivity index (χ0n) is 8.11. The lowest BCUT2D eigenvalue weighted by atomic mass is 10.3. The Morgan fingerprint density at radius 3 is 2.73 bits per heavy atom. The minimum absolute atomic E-state index is 0.162. The fourth-order valence-corrected chi connectivity index (χ4v) is 1.18. The lowest BCUT2D eigenvalue weighted by Crippen LogP contribution is -2.34. The number of aromatic amines is 1. The fourth-order valence-electron chi connectivity index (χ4n) is 1.03. The van der Waals surface area contributed by atoms with Crippen LogP contribution in [-0.2, 0) is 9.53 Å². The molecular weight excluding hydrogens is 224 g/mol. The highest BCUT2D eigenvalue weighted by Gasteiger charge is 2.17. The van der Waals surface area contributed by atoms with Crippen molar-refractivity contribution in [2.75, 3.05) is 7.11 Å². The third kappa shape index (κ3) is 2.27. The zero-order chi connectivity index (χ0) is 11.6. The van der Waals surface area contributed by atoms with Crippen molar-refractivity contribution in [3.05, 3.63) is 32.1 Å². The SMILES string of the molecule is COC(=O)[C@@H](C)n1cc(Cl)c(=O)[nH]c1=O. The van der Waals surface area contributed by atoms with Gasteiger partial charge in [0.25, 0.3) is 5.56 Å². The minimum atomic E-state index is -0.836. The van der Waals surface area contributed by atoms with E-state index in [1.165, 1.54) is 14.0 Å². The Bertz CT molecular complexity index is 490. The van der Waals surface area contributed by atoms with Crippen LogP contribution in [0.4, 0.5) is 0 Å². The molecule has 0 spiro atoms. The smallest absolute Gasteiger partial charge is 0.329 e. The van der Waals surface area contributed by atoms with Crippen molar-refractivity contribution in [1.29, 1.82) is 0 Å². The Kier molecular flexibility index (Phi) is 3.31. The first-order chi connectivity index (χ1) is 6.97. The average Bonchev–Trinajstić information content (AvgIpc) is 2.21. The van der Waals surface area contributed by atoms with Gasteiger partial charge < -0.3 is 4.74 Å². The van der Waals surface area contributed by atoms with Crippen LogP contribution in [0.2, 0.25) is 5.02 Å². The van der Waals surface area contributed by atoms with Gasteiger partial charge in [0.2, 0.25) is 0 Å². The average molecular weight is 233 g/mol. The second-order valence-electron chi connectivity index (χ2n) is 2.84. The monoisotopic (exact) mass is 232 g/mol. The number of carbonyl (C=O) groups excluding carboxylic acids is 1. The van der Waals surface area contributed by atoms with Gasteiger partial charge in [-0.2, -0.15) is 0 Å². The van der Waals surface area contributed by atoms with Crippen LogP contribution < -0.4 is 11.2 Å². The van der Waals surface area contributed by atoms with Gasteiger partial charge in [-0.3, -0.25) is 14.3 Å². The molecule has 1 aromatic rings. The van der Waals surface area contributed by atoms with Gasteiger partial charge in [0, 0.05) is 6.20 Å². The second kappa shape index (κ2) is 4.31. The molecule has 1 rings (SSSR count). The number of hydrogen-bond acceptors (Lipinski definition) is 4. The molecule has 0 saturated heterocycles. The van der Waals surface area contributed by atoms with E-state index in [2.05, 4.69) is 4.74 Å². The first kappa shape index (κ1) is 11.5. The number of hydrogen-bond donors (Lipinski definition) is 1. The van der Waals surface area contributed by atoms with Crippen molar-refractivity contribution < 1.29 is 9.53 Å². The lowest BCUT2D eigenvalue weighted by Gasteiger charge is -2.11. The molecule has 1 atom stereocenters. The predicted octanol–water partition coefficient (Wildman–Crippen LogP) is -0.0760. The molecule has 0 amide bonds. The van der Waals surface area contributed by atoms with Crippen molar-refractivity contribution >= 4 is 17.6 Å². The number of H-pyrrole nitrogens is 1. The van der Waals surface area contributed by atoms with Crippen LogP contribution in [0.5, 0.6) is 0 Å². The molecule has 0 fully saturated rings. The molecule has 7 heteroatoms. The molecule has 1 N–H and O–H groups in total. The maximum Gasteiger partial charge on any atom is 0.329 e. The van der Waals surface area contributed by atoms with Crippen LogP contribution in [0.1, 0.15) is 13.0 Å². The Hall–Kier alpha value is -1.56. The lowest BCUT2D eigenvalue weighted by molar-refractivity contribution is -0.144. The van der Waals surface area contributed by atoms with E-state index in [0.29, 0.717) is 0 Å². The molecule has 6 nitrogen and oxygen atoms in total. The van der Waals surface area contributed by atoms with Gasteiger partial charge >= 0.3 is 11.7 Å². The molecule has 1 aromatic heterocycles. The molecular formula is C8H9ClN2O4. The van der Waals surface area contributed by atoms with E-state index in [9.17, 15) is 14.4 Å². The van der Waals surface area contributed by atoms with Gasteiger partial charge in [0.05, 0.1) is 7.11 Å². The van der Waals surface area contributed by atoms with Gasteiger partial charge in [-0.25, -0.2) is 9.59 Å². The highest BCUT2D eigenvalue weighted by Crippen LogP contribution is 2.05. The number of ether oxygens (including phenoxy) is 1. The first-order valence-corrected chi connectivity index (χ1v) is 4.44. The standard InChI is InChI=1S/C8H9ClN2O4/c1-4(7(13)15-2)11-3-5(9)6(12)10-8(11)14/h3-4H,1-2H3,(H,10,12,14)/t4-/m1/s1. The van der Waals surface area contributed by atoms with Crippen LogP contribution in [0.3, 0.4) is 0 Å². The maximum absolute atomic E-state index is 11.3. The normalized spacial score (nSPS) is 12.2. The van der Waals surface area contributed by atoms with Crippen LogP contribution in [0, 0.1) is 0 Å². The topological polar surface area (TPSA) is 81.2 Å². The molecule has 15 heavy (non-hydrogen) atoms. The Morgan fingerprint density at radius 2 is 2.20 bits per heavy atom. The summed E-state index contributed by atoms with van der Waals surface area (Å²) in [6.45, 7) is 1.46. The summed E-state index contributed by atoms with van der Waals surface area (Å²) >= 11 is 5.52. The van der Waals surface area contributed by atoms with E-state index < -0.39 is 23.3 Å². The zero-order valence-corrected chi connectivity index (χ0v) is 8.87. The van der Waals surface area contributed by atoms with E-state index in [4.69, 9.17) is 11.6 Å². The van der Waals surface area contributed by atoms with Gasteiger partial charge in [0.1, 0.15) is 11.1 Å². The third-order valence-electron chi connectivity index (χ3n) is 1.88. The summed E-state index contributed by atoms with van der Waals surface area (Å²) in [6, 6.07) is -0.836. The van der Waals surface area contributed by atoms with E-state index >= 15 is 0 Å². The molecule has 0 aliphatic heterocycles. The number of esters is 1. The maximum atomic E-state index is 11.3. The first-order valence-electron chi connectivity index (χ1n) is 4.06. The predicted molar refractivity (Wildman–Crippen MR) is 53.1 cm³/mol. The molecule has 0 saturated carbocycles. The Balaban J connectivity index is 3.27. The number of carbonyl (C=O) groups is 1. The summed E-state index contributed by atoms with van der Waals surface area (Å²) in [5.74, 6) is -0.597. The van der Waals surface area contributed by atoms with Crippen molar-refractivity contribution in [3.8, 4) is 0 Å². The van der Waals surface area contributed by atoms with Crippen molar-refractivity contribution in [3.63, 3.8) is 0 Å². The van der Waals surface area contributed by atoms with E-state index in [1.54, 1.807) is 0 Å². The Morgan fingerprint density at radius 1 is 1.60 bits per heavy atom. The highest BCUT2D eigenvalue weighted by molar-refractivity contribution is 6.30. The highest BCUT2D eigenvalue weighted by atomic mass is 35.5. The summed E-state index contributed by atoms with van der Waals surface area (Å²) < 4.78 is 5.45. The molecule has 0 bridgehead atoms. The van der Waals surface area contributed by atoms with Crippen molar-refractivity contribution in [2.45, 2.75) is 13.0 Å². The van der Waals surface area contributed by atoms with Gasteiger partial charge in [-0.05, 0) is 6.92 Å². The summed E-state index contributed by atoms with van der Waals surface area (Å²) in [4.78, 5) is 35.4. The van der Waals surface area contributed by atoms with Gasteiger partial charge in [-0.1, -0.05) is 11.6 Å². The number of methoxy groups -OCH3 is 1. The van der Waals surface area contributed by atoms with Gasteiger partial charge in [0.15, 0.2) is 0 Å². The third-order valence-corrected chi connectivity index (χ3v) is 2.15. The molecule has 0 unspecified atom stereocenters. The Labute approximate surface area is 89.4 Å². The van der Waals surface area contributed by atoms with Gasteiger partial charge in [-0.15, -0.1) is 0 Å².